The number of nitrogens with two attached hydrogens (primary N) is 1. The summed E-state index contributed by atoms with van der Waals surface area (Å²) in [5.41, 5.74) is 11.4. The van der Waals surface area contributed by atoms with Crippen LogP contribution in [-0.2, 0) is 20.7 Å². The molecule has 0 fully saturated rings. The Morgan fingerprint density at radius 3 is 2.30 bits per heavy atom. The van der Waals surface area contributed by atoms with E-state index in [4.69, 9.17) is 10.5 Å². The number of rotatable bonds is 9. The second-order valence-electron chi connectivity index (χ2n) is 8.19. The van der Waals surface area contributed by atoms with Gasteiger partial charge in [-0.3, -0.25) is 9.59 Å². The third-order valence-corrected chi connectivity index (χ3v) is 5.49. The van der Waals surface area contributed by atoms with E-state index in [0.29, 0.717) is 24.4 Å². The van der Waals surface area contributed by atoms with Crippen molar-refractivity contribution < 1.29 is 14.3 Å². The fourth-order valence-corrected chi connectivity index (χ4v) is 3.96. The second kappa shape index (κ2) is 11.5. The average molecular weight is 448 g/mol. The Morgan fingerprint density at radius 1 is 1.00 bits per heavy atom. The third kappa shape index (κ3) is 6.31. The number of nitrogens with zero attached hydrogens (tertiary/aromatic N) is 2. The predicted octanol–water partition coefficient (Wildman–Crippen LogP) is 4.88. The van der Waals surface area contributed by atoms with Crippen LogP contribution in [0.3, 0.4) is 0 Å². The maximum Gasteiger partial charge on any atom is 0.310 e. The lowest BCUT2D eigenvalue weighted by atomic mass is 9.99. The Kier molecular flexibility index (Phi) is 8.41. The predicted molar refractivity (Wildman–Crippen MR) is 133 cm³/mol. The number of amidine groups is 1. The molecule has 174 valence electrons. The van der Waals surface area contributed by atoms with Gasteiger partial charge in [0.1, 0.15) is 5.84 Å². The molecular formula is C27H33N3O3. The molecule has 6 nitrogen and oxygen atoms in total. The first-order valence-corrected chi connectivity index (χ1v) is 11.7. The number of hydrogen-bond acceptors (Lipinski definition) is 5. The molecule has 0 spiro atoms. The highest BCUT2D eigenvalue weighted by Crippen LogP contribution is 2.32. The first kappa shape index (κ1) is 24.2. The fourth-order valence-electron chi connectivity index (χ4n) is 3.96. The molecule has 0 radical (unpaired) electrons. The van der Waals surface area contributed by atoms with Crippen LogP contribution in [0.15, 0.2) is 53.0 Å². The minimum absolute atomic E-state index is 0.0333. The number of ether oxygens (including phenoxy) is 1. The lowest BCUT2D eigenvalue weighted by Crippen LogP contribution is -2.34. The molecule has 1 aliphatic rings. The Morgan fingerprint density at radius 2 is 1.67 bits per heavy atom. The minimum atomic E-state index is -0.228. The monoisotopic (exact) mass is 447 g/mol. The molecule has 1 heterocycles. The lowest BCUT2D eigenvalue weighted by molar-refractivity contribution is -0.142. The first-order chi connectivity index (χ1) is 15.9. The quantitative estimate of drug-likeness (QED) is 0.555. The van der Waals surface area contributed by atoms with Gasteiger partial charge in [-0.25, -0.2) is 4.99 Å². The highest BCUT2D eigenvalue weighted by molar-refractivity contribution is 6.05. The van der Waals surface area contributed by atoms with E-state index in [1.54, 1.807) is 6.92 Å². The number of amides is 1. The van der Waals surface area contributed by atoms with Crippen molar-refractivity contribution in [3.8, 4) is 11.1 Å². The zero-order chi connectivity index (χ0) is 23.8. The first-order valence-electron chi connectivity index (χ1n) is 11.7. The Balaban J connectivity index is 1.86. The zero-order valence-corrected chi connectivity index (χ0v) is 19.8. The summed E-state index contributed by atoms with van der Waals surface area (Å²) in [6, 6.07) is 13.8. The van der Waals surface area contributed by atoms with Crippen molar-refractivity contribution in [2.75, 3.05) is 19.7 Å². The van der Waals surface area contributed by atoms with E-state index >= 15 is 0 Å². The summed E-state index contributed by atoms with van der Waals surface area (Å²) in [5.74, 6) is 0.239. The van der Waals surface area contributed by atoms with Crippen LogP contribution < -0.4 is 5.73 Å². The highest BCUT2D eigenvalue weighted by atomic mass is 16.5. The van der Waals surface area contributed by atoms with E-state index in [1.165, 1.54) is 0 Å². The van der Waals surface area contributed by atoms with E-state index in [0.717, 1.165) is 53.9 Å². The number of carbonyl (C=O) groups is 2. The Hall–Kier alpha value is -3.41. The molecular weight excluding hydrogens is 414 g/mol. The van der Waals surface area contributed by atoms with Gasteiger partial charge in [-0.05, 0) is 48.6 Å². The normalized spacial score (nSPS) is 12.8. The van der Waals surface area contributed by atoms with Crippen molar-refractivity contribution in [1.29, 1.82) is 0 Å². The molecule has 0 saturated heterocycles. The van der Waals surface area contributed by atoms with E-state index < -0.39 is 0 Å². The third-order valence-electron chi connectivity index (χ3n) is 5.49. The zero-order valence-electron chi connectivity index (χ0n) is 19.8. The van der Waals surface area contributed by atoms with Crippen LogP contribution in [0.4, 0.5) is 5.69 Å². The molecule has 6 heteroatoms. The van der Waals surface area contributed by atoms with Crippen molar-refractivity contribution >= 4 is 29.5 Å². The van der Waals surface area contributed by atoms with Crippen LogP contribution in [-0.4, -0.2) is 42.3 Å². The molecule has 3 rings (SSSR count). The van der Waals surface area contributed by atoms with Gasteiger partial charge in [0.05, 0.1) is 18.7 Å². The molecule has 2 aromatic rings. The smallest absolute Gasteiger partial charge is 0.310 e. The Labute approximate surface area is 196 Å². The summed E-state index contributed by atoms with van der Waals surface area (Å²) in [7, 11) is 0. The number of esters is 1. The van der Waals surface area contributed by atoms with Crippen molar-refractivity contribution in [3.05, 3.63) is 59.2 Å². The largest absolute Gasteiger partial charge is 0.466 e. The summed E-state index contributed by atoms with van der Waals surface area (Å²) in [5, 5.41) is 0. The molecule has 2 aromatic carbocycles. The molecule has 2 N–H and O–H groups in total. The summed E-state index contributed by atoms with van der Waals surface area (Å²) in [6.45, 7) is 7.81. The Bertz CT molecular complexity index is 1050. The molecule has 0 saturated carbocycles. The summed E-state index contributed by atoms with van der Waals surface area (Å²) >= 11 is 0. The van der Waals surface area contributed by atoms with Gasteiger partial charge in [-0.1, -0.05) is 50.2 Å². The van der Waals surface area contributed by atoms with Crippen molar-refractivity contribution in [1.82, 2.24) is 4.90 Å². The number of benzene rings is 2. The van der Waals surface area contributed by atoms with Crippen LogP contribution >= 0.6 is 0 Å². The van der Waals surface area contributed by atoms with Crippen LogP contribution in [0.25, 0.3) is 17.2 Å². The van der Waals surface area contributed by atoms with Crippen molar-refractivity contribution in [2.45, 2.75) is 46.5 Å². The molecule has 1 amide bonds. The topological polar surface area (TPSA) is 85.0 Å². The number of aliphatic imine (C=N–C) groups is 1. The number of hydrogen-bond donors (Lipinski definition) is 1. The lowest BCUT2D eigenvalue weighted by Gasteiger charge is -2.22. The standard InChI is InChI=1S/C27H33N3O3/c1-4-13-30(14-5-2)27(32)23-16-22-12-11-21(17-24(22)29-25(28)18-23)20-9-7-19(8-10-20)15-26(31)33-6-3/h7-12,16-17H,4-6,13-15,18H2,1-3H3,(H2,28,29). The van der Waals surface area contributed by atoms with Gasteiger partial charge in [0.2, 0.25) is 5.91 Å². The summed E-state index contributed by atoms with van der Waals surface area (Å²) < 4.78 is 5.01. The number of carbonyl (C=O) groups excluding carboxylic acids is 2. The molecule has 1 aliphatic heterocycles. The average Bonchev–Trinajstić information content (AvgIpc) is 2.96. The second-order valence-corrected chi connectivity index (χ2v) is 8.19. The van der Waals surface area contributed by atoms with Gasteiger partial charge in [-0.2, -0.15) is 0 Å². The van der Waals surface area contributed by atoms with Crippen molar-refractivity contribution in [3.63, 3.8) is 0 Å². The maximum absolute atomic E-state index is 13.1. The van der Waals surface area contributed by atoms with E-state index in [2.05, 4.69) is 18.8 Å². The molecule has 0 bridgehead atoms. The van der Waals surface area contributed by atoms with Crippen LogP contribution in [0.2, 0.25) is 0 Å². The van der Waals surface area contributed by atoms with E-state index in [-0.39, 0.29) is 18.3 Å². The van der Waals surface area contributed by atoms with Gasteiger partial charge >= 0.3 is 5.97 Å². The van der Waals surface area contributed by atoms with Crippen LogP contribution in [0.5, 0.6) is 0 Å². The van der Waals surface area contributed by atoms with Gasteiger partial charge < -0.3 is 15.4 Å². The summed E-state index contributed by atoms with van der Waals surface area (Å²) in [4.78, 5) is 31.3. The molecule has 0 atom stereocenters. The van der Waals surface area contributed by atoms with Crippen LogP contribution in [0.1, 0.15) is 51.2 Å². The molecule has 0 aliphatic carbocycles. The van der Waals surface area contributed by atoms with Gasteiger partial charge in [0.15, 0.2) is 0 Å². The maximum atomic E-state index is 13.1. The van der Waals surface area contributed by atoms with Crippen molar-refractivity contribution in [2.24, 2.45) is 10.7 Å². The van der Waals surface area contributed by atoms with Gasteiger partial charge in [0, 0.05) is 30.6 Å². The molecule has 33 heavy (non-hydrogen) atoms. The molecule has 0 unspecified atom stereocenters. The minimum Gasteiger partial charge on any atom is -0.466 e. The number of fused-ring (bicyclic) bond motifs is 1. The summed E-state index contributed by atoms with van der Waals surface area (Å²) in [6.07, 6.45) is 4.36. The molecule has 0 aromatic heterocycles. The fraction of sp³-hybridized carbons (Fsp3) is 0.370. The highest BCUT2D eigenvalue weighted by Gasteiger charge is 2.21. The SMILES string of the molecule is CCCN(CCC)C(=O)C1=Cc2ccc(-c3ccc(CC(=O)OCC)cc3)cc2N=C(N)C1. The van der Waals surface area contributed by atoms with Gasteiger partial charge in [0.25, 0.3) is 0 Å². The van der Waals surface area contributed by atoms with E-state index in [9.17, 15) is 9.59 Å². The van der Waals surface area contributed by atoms with E-state index in [1.807, 2.05) is 53.4 Å². The van der Waals surface area contributed by atoms with Gasteiger partial charge in [-0.15, -0.1) is 0 Å². The van der Waals surface area contributed by atoms with Crippen LogP contribution in [0, 0.1) is 0 Å².